The normalized spacial score (nSPS) is 13.2. The molecular formula is C31H25FN2O6S. The van der Waals surface area contributed by atoms with Gasteiger partial charge in [-0.3, -0.25) is 4.79 Å². The Labute approximate surface area is 235 Å². The van der Waals surface area contributed by atoms with Gasteiger partial charge in [0.15, 0.2) is 0 Å². The molecule has 0 atom stereocenters. The maximum atomic E-state index is 14.7. The summed E-state index contributed by atoms with van der Waals surface area (Å²) >= 11 is 0. The predicted molar refractivity (Wildman–Crippen MR) is 151 cm³/mol. The second-order valence-corrected chi connectivity index (χ2v) is 11.7. The number of aryl methyl sites for hydroxylation is 1. The van der Waals surface area contributed by atoms with E-state index >= 15 is 0 Å². The van der Waals surface area contributed by atoms with Crippen molar-refractivity contribution >= 4 is 43.7 Å². The van der Waals surface area contributed by atoms with Gasteiger partial charge < -0.3 is 14.4 Å². The van der Waals surface area contributed by atoms with Crippen LogP contribution in [0.2, 0.25) is 0 Å². The fourth-order valence-corrected chi connectivity index (χ4v) is 7.05. The Balaban J connectivity index is 1.66. The molecule has 2 heterocycles. The lowest BCUT2D eigenvalue weighted by molar-refractivity contribution is 0.0602. The highest BCUT2D eigenvalue weighted by atomic mass is 32.2. The highest BCUT2D eigenvalue weighted by Crippen LogP contribution is 2.42. The van der Waals surface area contributed by atoms with Crippen molar-refractivity contribution < 1.29 is 31.9 Å². The van der Waals surface area contributed by atoms with Gasteiger partial charge in [0.2, 0.25) is 0 Å². The molecule has 0 spiro atoms. The molecule has 5 aromatic rings. The van der Waals surface area contributed by atoms with E-state index in [9.17, 15) is 22.4 Å². The van der Waals surface area contributed by atoms with E-state index in [0.717, 1.165) is 21.2 Å². The van der Waals surface area contributed by atoms with Crippen molar-refractivity contribution in [3.05, 3.63) is 106 Å². The van der Waals surface area contributed by atoms with Crippen molar-refractivity contribution in [2.45, 2.75) is 24.9 Å². The van der Waals surface area contributed by atoms with Crippen LogP contribution in [0.25, 0.3) is 21.8 Å². The fraction of sp³-hybridized carbons (Fsp3) is 0.161. The van der Waals surface area contributed by atoms with Crippen LogP contribution in [-0.2, 0) is 27.8 Å². The predicted octanol–water partition coefficient (Wildman–Crippen LogP) is 5.43. The lowest BCUT2D eigenvalue weighted by Crippen LogP contribution is -2.23. The summed E-state index contributed by atoms with van der Waals surface area (Å²) in [7, 11) is -1.56. The number of benzene rings is 4. The van der Waals surface area contributed by atoms with E-state index in [-0.39, 0.29) is 56.8 Å². The van der Waals surface area contributed by atoms with E-state index < -0.39 is 21.8 Å². The third-order valence-electron chi connectivity index (χ3n) is 7.41. The van der Waals surface area contributed by atoms with E-state index in [1.807, 2.05) is 25.1 Å². The molecule has 1 aliphatic rings. The van der Waals surface area contributed by atoms with Gasteiger partial charge in [-0.15, -0.1) is 0 Å². The number of rotatable bonds is 6. The van der Waals surface area contributed by atoms with Gasteiger partial charge in [-0.05, 0) is 55.0 Å². The number of esters is 1. The van der Waals surface area contributed by atoms with E-state index in [0.29, 0.717) is 11.3 Å². The van der Waals surface area contributed by atoms with E-state index in [4.69, 9.17) is 9.47 Å². The monoisotopic (exact) mass is 572 g/mol. The van der Waals surface area contributed by atoms with Gasteiger partial charge in [0.05, 0.1) is 41.3 Å². The van der Waals surface area contributed by atoms with Crippen LogP contribution in [0, 0.1) is 12.7 Å². The van der Waals surface area contributed by atoms with E-state index in [1.165, 1.54) is 37.4 Å². The molecule has 4 aromatic carbocycles. The van der Waals surface area contributed by atoms with Crippen LogP contribution in [0.5, 0.6) is 5.75 Å². The van der Waals surface area contributed by atoms with Gasteiger partial charge in [-0.1, -0.05) is 35.9 Å². The zero-order chi connectivity index (χ0) is 29.1. The summed E-state index contributed by atoms with van der Waals surface area (Å²) in [6.45, 7) is 2.20. The number of fused-ring (bicyclic) bond motifs is 5. The lowest BCUT2D eigenvalue weighted by atomic mass is 9.98. The number of hydrogen-bond donors (Lipinski definition) is 0. The number of carbonyl (C=O) groups excluding carboxylic acids is 2. The van der Waals surface area contributed by atoms with Crippen molar-refractivity contribution in [2.24, 2.45) is 0 Å². The molecule has 41 heavy (non-hydrogen) atoms. The van der Waals surface area contributed by atoms with Crippen LogP contribution in [0.15, 0.2) is 77.7 Å². The first-order valence-electron chi connectivity index (χ1n) is 12.8. The Morgan fingerprint density at radius 3 is 2.44 bits per heavy atom. The molecule has 0 bridgehead atoms. The Morgan fingerprint density at radius 1 is 1.00 bits per heavy atom. The molecule has 1 aliphatic heterocycles. The molecule has 0 fully saturated rings. The lowest BCUT2D eigenvalue weighted by Gasteiger charge is -2.17. The van der Waals surface area contributed by atoms with Gasteiger partial charge in [0.1, 0.15) is 11.6 Å². The molecule has 0 N–H and O–H groups in total. The number of para-hydroxylation sites is 1. The Kier molecular flexibility index (Phi) is 6.30. The smallest absolute Gasteiger partial charge is 0.340 e. The van der Waals surface area contributed by atoms with E-state index in [1.54, 1.807) is 30.2 Å². The van der Waals surface area contributed by atoms with Crippen molar-refractivity contribution in [3.63, 3.8) is 0 Å². The van der Waals surface area contributed by atoms with Gasteiger partial charge >= 0.3 is 5.97 Å². The van der Waals surface area contributed by atoms with Crippen LogP contribution in [0.4, 0.5) is 4.39 Å². The second-order valence-electron chi connectivity index (χ2n) is 9.89. The van der Waals surface area contributed by atoms with Crippen molar-refractivity contribution in [2.75, 3.05) is 14.2 Å². The third-order valence-corrected chi connectivity index (χ3v) is 9.14. The minimum Gasteiger partial charge on any atom is -0.496 e. The molecule has 0 aliphatic carbocycles. The minimum atomic E-state index is -4.30. The molecule has 208 valence electrons. The molecule has 0 saturated heterocycles. The first kappa shape index (κ1) is 26.5. The number of aromatic nitrogens is 1. The molecule has 0 radical (unpaired) electrons. The number of ether oxygens (including phenoxy) is 2. The Hall–Kier alpha value is -4.70. The third kappa shape index (κ3) is 4.13. The molecular weight excluding hydrogens is 547 g/mol. The van der Waals surface area contributed by atoms with Crippen LogP contribution in [0.1, 0.15) is 37.4 Å². The average molecular weight is 573 g/mol. The van der Waals surface area contributed by atoms with Crippen LogP contribution in [0.3, 0.4) is 0 Å². The molecule has 6 rings (SSSR count). The standard InChI is InChI=1S/C31H25FN2O6S/c1-18-8-11-22(12-9-18)41(37,38)34-25-13-10-21(32)15-23(25)28-27-20(14-24(29(28)34)31(36)40-3)17-33(30(27)35)16-19-6-4-5-7-26(19)39-2/h4-15H,16-17H2,1-3H3. The van der Waals surface area contributed by atoms with Crippen LogP contribution < -0.4 is 4.74 Å². The quantitative estimate of drug-likeness (QED) is 0.252. The highest BCUT2D eigenvalue weighted by Gasteiger charge is 2.37. The highest BCUT2D eigenvalue weighted by molar-refractivity contribution is 7.90. The molecule has 0 unspecified atom stereocenters. The van der Waals surface area contributed by atoms with E-state index in [2.05, 4.69) is 0 Å². The summed E-state index contributed by atoms with van der Waals surface area (Å²) in [6, 6.07) is 18.8. The first-order valence-corrected chi connectivity index (χ1v) is 14.2. The van der Waals surface area contributed by atoms with Crippen molar-refractivity contribution in [3.8, 4) is 5.75 Å². The van der Waals surface area contributed by atoms with Crippen molar-refractivity contribution in [1.29, 1.82) is 0 Å². The molecule has 1 amide bonds. The molecule has 8 nitrogen and oxygen atoms in total. The first-order chi connectivity index (χ1) is 19.6. The molecule has 1 aromatic heterocycles. The topological polar surface area (TPSA) is 94.9 Å². The minimum absolute atomic E-state index is 0.0216. The Bertz CT molecular complexity index is 2000. The molecule has 0 saturated carbocycles. The van der Waals surface area contributed by atoms with Gasteiger partial charge in [0.25, 0.3) is 15.9 Å². The maximum Gasteiger partial charge on any atom is 0.340 e. The summed E-state index contributed by atoms with van der Waals surface area (Å²) in [5.74, 6) is -1.15. The fourth-order valence-electron chi connectivity index (χ4n) is 5.51. The SMILES string of the molecule is COC(=O)c1cc2c(c3c4cc(F)ccc4n(S(=O)(=O)c4ccc(C)cc4)c13)C(=O)N(Cc1ccccc1OC)C2. The van der Waals surface area contributed by atoms with Gasteiger partial charge in [-0.25, -0.2) is 21.6 Å². The second kappa shape index (κ2) is 9.74. The maximum absolute atomic E-state index is 14.7. The number of hydrogen-bond acceptors (Lipinski definition) is 6. The number of methoxy groups -OCH3 is 2. The summed E-state index contributed by atoms with van der Waals surface area (Å²) in [6.07, 6.45) is 0. The number of amides is 1. The largest absolute Gasteiger partial charge is 0.496 e. The zero-order valence-corrected chi connectivity index (χ0v) is 23.3. The number of halogens is 1. The Morgan fingerprint density at radius 2 is 1.73 bits per heavy atom. The summed E-state index contributed by atoms with van der Waals surface area (Å²) in [5.41, 5.74) is 2.42. The van der Waals surface area contributed by atoms with Gasteiger partial charge in [0, 0.05) is 29.4 Å². The zero-order valence-electron chi connectivity index (χ0n) is 22.5. The summed E-state index contributed by atoms with van der Waals surface area (Å²) < 4.78 is 54.5. The average Bonchev–Trinajstić information content (AvgIpc) is 3.46. The van der Waals surface area contributed by atoms with Crippen LogP contribution in [-0.4, -0.2) is 43.4 Å². The molecule has 10 heteroatoms. The summed E-state index contributed by atoms with van der Waals surface area (Å²) in [5, 5.41) is 0.380. The number of carbonyl (C=O) groups is 2. The number of nitrogens with zero attached hydrogens (tertiary/aromatic N) is 2. The van der Waals surface area contributed by atoms with Crippen molar-refractivity contribution in [1.82, 2.24) is 8.87 Å². The summed E-state index contributed by atoms with van der Waals surface area (Å²) in [4.78, 5) is 28.7. The van der Waals surface area contributed by atoms with Crippen LogP contribution >= 0.6 is 0 Å². The van der Waals surface area contributed by atoms with Gasteiger partial charge in [-0.2, -0.15) is 0 Å².